The van der Waals surface area contributed by atoms with E-state index in [0.29, 0.717) is 30.4 Å². The van der Waals surface area contributed by atoms with E-state index in [9.17, 15) is 13.2 Å². The van der Waals surface area contributed by atoms with Crippen LogP contribution in [0.1, 0.15) is 24.0 Å². The van der Waals surface area contributed by atoms with Crippen LogP contribution in [0.4, 0.5) is 0 Å². The summed E-state index contributed by atoms with van der Waals surface area (Å²) in [6.45, 7) is 4.49. The normalized spacial score (nSPS) is 17.9. The maximum Gasteiger partial charge on any atom is 0.244 e. The molecule has 21 heavy (non-hydrogen) atoms. The van der Waals surface area contributed by atoms with Crippen LogP contribution in [0.15, 0.2) is 21.5 Å². The summed E-state index contributed by atoms with van der Waals surface area (Å²) in [6.07, 6.45) is 0.966. The Morgan fingerprint density at radius 2 is 1.76 bits per heavy atom. The van der Waals surface area contributed by atoms with Gasteiger partial charge in [0.25, 0.3) is 0 Å². The van der Waals surface area contributed by atoms with Crippen molar-refractivity contribution in [1.82, 2.24) is 4.31 Å². The third kappa shape index (κ3) is 3.30. The van der Waals surface area contributed by atoms with Gasteiger partial charge in [0.15, 0.2) is 0 Å². The van der Waals surface area contributed by atoms with Crippen LogP contribution in [0.3, 0.4) is 0 Å². The van der Waals surface area contributed by atoms with Gasteiger partial charge in [-0.3, -0.25) is 4.79 Å². The van der Waals surface area contributed by atoms with Gasteiger partial charge in [0.1, 0.15) is 0 Å². The molecular formula is C14H19BrN2O3S. The van der Waals surface area contributed by atoms with Gasteiger partial charge in [0.2, 0.25) is 15.9 Å². The molecule has 0 radical (unpaired) electrons. The van der Waals surface area contributed by atoms with Gasteiger partial charge in [0.05, 0.1) is 4.90 Å². The first-order valence-electron chi connectivity index (χ1n) is 6.79. The number of primary amides is 1. The number of rotatable bonds is 3. The first kappa shape index (κ1) is 16.5. The number of hydrogen-bond acceptors (Lipinski definition) is 3. The highest BCUT2D eigenvalue weighted by atomic mass is 79.9. The van der Waals surface area contributed by atoms with Crippen molar-refractivity contribution in [2.24, 2.45) is 11.7 Å². The van der Waals surface area contributed by atoms with E-state index in [1.54, 1.807) is 6.07 Å². The molecule has 1 aliphatic rings. The van der Waals surface area contributed by atoms with Crippen LogP contribution >= 0.6 is 15.9 Å². The number of carbonyl (C=O) groups is 1. The molecule has 1 fully saturated rings. The second-order valence-corrected chi connectivity index (χ2v) is 8.21. The van der Waals surface area contributed by atoms with Crippen LogP contribution in [0.5, 0.6) is 0 Å². The summed E-state index contributed by atoms with van der Waals surface area (Å²) < 4.78 is 27.5. The highest BCUT2D eigenvalue weighted by Gasteiger charge is 2.32. The molecule has 7 heteroatoms. The van der Waals surface area contributed by atoms with Gasteiger partial charge < -0.3 is 5.73 Å². The highest BCUT2D eigenvalue weighted by molar-refractivity contribution is 9.10. The summed E-state index contributed by atoms with van der Waals surface area (Å²) in [4.78, 5) is 11.4. The zero-order valence-electron chi connectivity index (χ0n) is 12.1. The number of benzene rings is 1. The van der Waals surface area contributed by atoms with Crippen molar-refractivity contribution in [3.05, 3.63) is 27.7 Å². The molecule has 2 N–H and O–H groups in total. The SMILES string of the molecule is Cc1cc(Br)c(S(=O)(=O)N2CCC(C(N)=O)CC2)cc1C. The van der Waals surface area contributed by atoms with Crippen LogP contribution in [-0.2, 0) is 14.8 Å². The fraction of sp³-hybridized carbons (Fsp3) is 0.500. The van der Waals surface area contributed by atoms with E-state index in [1.807, 2.05) is 19.9 Å². The molecule has 0 saturated carbocycles. The number of aryl methyl sites for hydroxylation is 2. The monoisotopic (exact) mass is 374 g/mol. The Kier molecular flexibility index (Phi) is 4.75. The van der Waals surface area contributed by atoms with Crippen LogP contribution in [0.25, 0.3) is 0 Å². The van der Waals surface area contributed by atoms with Gasteiger partial charge in [-0.2, -0.15) is 4.31 Å². The van der Waals surface area contributed by atoms with E-state index >= 15 is 0 Å². The van der Waals surface area contributed by atoms with Gasteiger partial charge in [-0.05, 0) is 65.9 Å². The fourth-order valence-electron chi connectivity index (χ4n) is 2.47. The molecule has 1 aromatic carbocycles. The Hall–Kier alpha value is -0.920. The molecule has 2 rings (SSSR count). The summed E-state index contributed by atoms with van der Waals surface area (Å²) in [5.41, 5.74) is 7.25. The zero-order chi connectivity index (χ0) is 15.8. The van der Waals surface area contributed by atoms with Crippen LogP contribution in [0, 0.1) is 19.8 Å². The van der Waals surface area contributed by atoms with Crippen molar-refractivity contribution >= 4 is 31.9 Å². The van der Waals surface area contributed by atoms with Crippen molar-refractivity contribution in [1.29, 1.82) is 0 Å². The molecule has 1 heterocycles. The maximum absolute atomic E-state index is 12.7. The van der Waals surface area contributed by atoms with Crippen LogP contribution in [0.2, 0.25) is 0 Å². The van der Waals surface area contributed by atoms with E-state index in [-0.39, 0.29) is 16.7 Å². The molecule has 0 aliphatic carbocycles. The first-order valence-corrected chi connectivity index (χ1v) is 9.03. The Bertz CT molecular complexity index is 665. The number of hydrogen-bond donors (Lipinski definition) is 1. The Morgan fingerprint density at radius 1 is 1.24 bits per heavy atom. The Labute approximate surface area is 133 Å². The van der Waals surface area contributed by atoms with E-state index in [1.165, 1.54) is 4.31 Å². The zero-order valence-corrected chi connectivity index (χ0v) is 14.5. The Morgan fingerprint density at radius 3 is 2.29 bits per heavy atom. The molecule has 1 aliphatic heterocycles. The summed E-state index contributed by atoms with van der Waals surface area (Å²) >= 11 is 3.34. The lowest BCUT2D eigenvalue weighted by Crippen LogP contribution is -2.41. The predicted octanol–water partition coefficient (Wildman–Crippen LogP) is 1.95. The third-order valence-electron chi connectivity index (χ3n) is 4.02. The minimum Gasteiger partial charge on any atom is -0.369 e. The molecule has 0 unspecified atom stereocenters. The number of piperidine rings is 1. The van der Waals surface area contributed by atoms with Crippen molar-refractivity contribution in [2.45, 2.75) is 31.6 Å². The lowest BCUT2D eigenvalue weighted by molar-refractivity contribution is -0.122. The topological polar surface area (TPSA) is 80.5 Å². The molecule has 1 aromatic rings. The molecule has 1 saturated heterocycles. The number of nitrogens with two attached hydrogens (primary N) is 1. The largest absolute Gasteiger partial charge is 0.369 e. The van der Waals surface area contributed by atoms with Crippen LogP contribution in [-0.4, -0.2) is 31.7 Å². The maximum atomic E-state index is 12.7. The second-order valence-electron chi connectivity index (χ2n) is 5.45. The summed E-state index contributed by atoms with van der Waals surface area (Å²) in [5.74, 6) is -0.570. The molecule has 0 aromatic heterocycles. The Balaban J connectivity index is 2.28. The molecule has 116 valence electrons. The summed E-state index contributed by atoms with van der Waals surface area (Å²) in [7, 11) is -3.55. The summed E-state index contributed by atoms with van der Waals surface area (Å²) in [5, 5.41) is 0. The van der Waals surface area contributed by atoms with Gasteiger partial charge >= 0.3 is 0 Å². The van der Waals surface area contributed by atoms with Gasteiger partial charge in [-0.1, -0.05) is 0 Å². The second kappa shape index (κ2) is 6.06. The smallest absolute Gasteiger partial charge is 0.244 e. The average molecular weight is 375 g/mol. The molecule has 0 spiro atoms. The lowest BCUT2D eigenvalue weighted by atomic mass is 9.98. The third-order valence-corrected chi connectivity index (χ3v) is 6.88. The highest BCUT2D eigenvalue weighted by Crippen LogP contribution is 2.30. The molecule has 5 nitrogen and oxygen atoms in total. The molecule has 0 atom stereocenters. The van der Waals surface area contributed by atoms with Gasteiger partial charge in [-0.15, -0.1) is 0 Å². The molecular weight excluding hydrogens is 356 g/mol. The van der Waals surface area contributed by atoms with Crippen molar-refractivity contribution in [3.63, 3.8) is 0 Å². The standard InChI is InChI=1S/C14H19BrN2O3S/c1-9-7-12(15)13(8-10(9)2)21(19,20)17-5-3-11(4-6-17)14(16)18/h7-8,11H,3-6H2,1-2H3,(H2,16,18). The molecule has 0 bridgehead atoms. The van der Waals surface area contributed by atoms with E-state index in [2.05, 4.69) is 15.9 Å². The van der Waals surface area contributed by atoms with Crippen molar-refractivity contribution < 1.29 is 13.2 Å². The number of carbonyl (C=O) groups excluding carboxylic acids is 1. The van der Waals surface area contributed by atoms with Gasteiger partial charge in [0, 0.05) is 23.5 Å². The fourth-order valence-corrected chi connectivity index (χ4v) is 5.14. The summed E-state index contributed by atoms with van der Waals surface area (Å²) in [6, 6.07) is 3.51. The van der Waals surface area contributed by atoms with E-state index in [0.717, 1.165) is 11.1 Å². The molecule has 1 amide bonds. The van der Waals surface area contributed by atoms with Crippen LogP contribution < -0.4 is 5.73 Å². The number of amides is 1. The van der Waals surface area contributed by atoms with E-state index < -0.39 is 10.0 Å². The quantitative estimate of drug-likeness (QED) is 0.877. The minimum absolute atomic E-state index is 0.223. The number of sulfonamides is 1. The minimum atomic E-state index is -3.55. The number of nitrogens with zero attached hydrogens (tertiary/aromatic N) is 1. The van der Waals surface area contributed by atoms with Gasteiger partial charge in [-0.25, -0.2) is 8.42 Å². The number of halogens is 1. The predicted molar refractivity (Wildman–Crippen MR) is 84.3 cm³/mol. The first-order chi connectivity index (χ1) is 9.73. The van der Waals surface area contributed by atoms with Crippen molar-refractivity contribution in [3.8, 4) is 0 Å². The van der Waals surface area contributed by atoms with E-state index in [4.69, 9.17) is 5.73 Å². The van der Waals surface area contributed by atoms with Crippen molar-refractivity contribution in [2.75, 3.05) is 13.1 Å². The average Bonchev–Trinajstić information content (AvgIpc) is 2.42. The lowest BCUT2D eigenvalue weighted by Gasteiger charge is -2.30.